The molecule has 1 aromatic carbocycles. The third-order valence-electron chi connectivity index (χ3n) is 3.18. The van der Waals surface area contributed by atoms with Gasteiger partial charge in [-0.25, -0.2) is 19.7 Å². The number of rotatable bonds is 4. The van der Waals surface area contributed by atoms with Crippen molar-refractivity contribution in [1.82, 2.24) is 15.0 Å². The quantitative estimate of drug-likeness (QED) is 0.749. The van der Waals surface area contributed by atoms with Gasteiger partial charge in [0.05, 0.1) is 24.3 Å². The highest BCUT2D eigenvalue weighted by molar-refractivity contribution is 5.88. The lowest BCUT2D eigenvalue weighted by molar-refractivity contribution is -0.114. The van der Waals surface area contributed by atoms with Crippen LogP contribution in [0.15, 0.2) is 61.1 Å². The topological polar surface area (TPSA) is 106 Å². The maximum Gasteiger partial charge on any atom is 0.417 e. The molecule has 2 N–H and O–H groups in total. The van der Waals surface area contributed by atoms with E-state index in [1.165, 1.54) is 25.5 Å². The highest BCUT2D eigenvalue weighted by Gasteiger charge is 2.08. The number of amides is 2. The van der Waals surface area contributed by atoms with Gasteiger partial charge < -0.3 is 10.1 Å². The largest absolute Gasteiger partial charge is 0.417 e. The summed E-state index contributed by atoms with van der Waals surface area (Å²) >= 11 is 0. The molecule has 0 saturated carbocycles. The Morgan fingerprint density at radius 1 is 0.885 bits per heavy atom. The van der Waals surface area contributed by atoms with Crippen LogP contribution in [0.1, 0.15) is 6.92 Å². The van der Waals surface area contributed by atoms with Crippen LogP contribution in [0.3, 0.4) is 0 Å². The summed E-state index contributed by atoms with van der Waals surface area (Å²) in [6.07, 6.45) is 3.55. The first-order chi connectivity index (χ1) is 12.6. The Kier molecular flexibility index (Phi) is 5.14. The lowest BCUT2D eigenvalue weighted by atomic mass is 10.2. The number of pyridine rings is 1. The fraction of sp³-hybridized carbons (Fsp3) is 0.0556. The number of nitrogens with zero attached hydrogens (tertiary/aromatic N) is 3. The van der Waals surface area contributed by atoms with Gasteiger partial charge in [0.15, 0.2) is 11.6 Å². The average Bonchev–Trinajstić information content (AvgIpc) is 2.64. The highest BCUT2D eigenvalue weighted by Crippen LogP contribution is 2.16. The van der Waals surface area contributed by atoms with Crippen molar-refractivity contribution >= 4 is 23.5 Å². The number of aromatic nitrogens is 3. The molecule has 2 heterocycles. The minimum absolute atomic E-state index is 0.213. The van der Waals surface area contributed by atoms with E-state index in [0.29, 0.717) is 17.3 Å². The molecule has 0 radical (unpaired) electrons. The van der Waals surface area contributed by atoms with Crippen molar-refractivity contribution in [3.05, 3.63) is 61.1 Å². The van der Waals surface area contributed by atoms with E-state index in [9.17, 15) is 9.59 Å². The number of ether oxygens (including phenoxy) is 1. The molecule has 26 heavy (non-hydrogen) atoms. The average molecular weight is 349 g/mol. The van der Waals surface area contributed by atoms with E-state index in [0.717, 1.165) is 5.56 Å². The van der Waals surface area contributed by atoms with Crippen LogP contribution in [-0.2, 0) is 4.79 Å². The summed E-state index contributed by atoms with van der Waals surface area (Å²) in [5, 5.41) is 5.06. The Balaban J connectivity index is 1.58. The Morgan fingerprint density at radius 2 is 1.62 bits per heavy atom. The molecule has 0 aliphatic heterocycles. The summed E-state index contributed by atoms with van der Waals surface area (Å²) in [7, 11) is 0. The highest BCUT2D eigenvalue weighted by atomic mass is 16.6. The van der Waals surface area contributed by atoms with Gasteiger partial charge in [0.2, 0.25) is 5.91 Å². The first-order valence-corrected chi connectivity index (χ1v) is 7.70. The second-order valence-corrected chi connectivity index (χ2v) is 5.24. The van der Waals surface area contributed by atoms with E-state index in [2.05, 4.69) is 25.6 Å². The molecule has 130 valence electrons. The standard InChI is InChI=1S/C18H15N5O3/c1-12(24)22-16-8-7-14(9-19-16)23-18(25)26-15-10-20-17(21-11-15)13-5-3-2-4-6-13/h2-11H,1H3,(H,23,25)(H,19,22,24). The zero-order chi connectivity index (χ0) is 18.4. The first kappa shape index (κ1) is 17.0. The minimum Gasteiger partial charge on any atom is -0.407 e. The van der Waals surface area contributed by atoms with E-state index in [4.69, 9.17) is 4.74 Å². The molecule has 0 aliphatic carbocycles. The molecule has 0 atom stereocenters. The van der Waals surface area contributed by atoms with Gasteiger partial charge in [0.1, 0.15) is 5.82 Å². The Bertz CT molecular complexity index is 896. The summed E-state index contributed by atoms with van der Waals surface area (Å²) in [4.78, 5) is 35.2. The van der Waals surface area contributed by atoms with Gasteiger partial charge >= 0.3 is 6.09 Å². The van der Waals surface area contributed by atoms with Crippen molar-refractivity contribution in [3.63, 3.8) is 0 Å². The molecule has 3 rings (SSSR count). The van der Waals surface area contributed by atoms with Crippen LogP contribution >= 0.6 is 0 Å². The van der Waals surface area contributed by atoms with E-state index < -0.39 is 6.09 Å². The summed E-state index contributed by atoms with van der Waals surface area (Å²) in [6, 6.07) is 12.6. The molecular formula is C18H15N5O3. The van der Waals surface area contributed by atoms with Gasteiger partial charge in [-0.1, -0.05) is 30.3 Å². The summed E-state index contributed by atoms with van der Waals surface area (Å²) < 4.78 is 5.13. The third kappa shape index (κ3) is 4.60. The third-order valence-corrected chi connectivity index (χ3v) is 3.18. The molecule has 8 nitrogen and oxygen atoms in total. The number of nitrogens with one attached hydrogen (secondary N) is 2. The van der Waals surface area contributed by atoms with Crippen molar-refractivity contribution < 1.29 is 14.3 Å². The smallest absolute Gasteiger partial charge is 0.407 e. The number of benzene rings is 1. The van der Waals surface area contributed by atoms with E-state index in [1.54, 1.807) is 12.1 Å². The van der Waals surface area contributed by atoms with Gasteiger partial charge in [0.25, 0.3) is 0 Å². The van der Waals surface area contributed by atoms with Crippen LogP contribution in [0, 0.1) is 0 Å². The van der Waals surface area contributed by atoms with Crippen LogP contribution in [0.5, 0.6) is 5.75 Å². The monoisotopic (exact) mass is 349 g/mol. The molecule has 0 aliphatic rings. The molecular weight excluding hydrogens is 334 g/mol. The molecule has 0 fully saturated rings. The van der Waals surface area contributed by atoms with E-state index in [1.807, 2.05) is 30.3 Å². The van der Waals surface area contributed by atoms with Gasteiger partial charge in [-0.3, -0.25) is 10.1 Å². The normalized spacial score (nSPS) is 10.0. The molecule has 0 bridgehead atoms. The molecule has 8 heteroatoms. The van der Waals surface area contributed by atoms with Gasteiger partial charge in [-0.15, -0.1) is 0 Å². The van der Waals surface area contributed by atoms with Crippen LogP contribution < -0.4 is 15.4 Å². The zero-order valence-electron chi connectivity index (χ0n) is 13.8. The van der Waals surface area contributed by atoms with Crippen molar-refractivity contribution in [2.45, 2.75) is 6.92 Å². The molecule has 2 amide bonds. The lowest BCUT2D eigenvalue weighted by Crippen LogP contribution is -2.17. The summed E-state index contributed by atoms with van der Waals surface area (Å²) in [5.41, 5.74) is 1.29. The zero-order valence-corrected chi connectivity index (χ0v) is 13.8. The number of hydrogen-bond donors (Lipinski definition) is 2. The second kappa shape index (κ2) is 7.84. The van der Waals surface area contributed by atoms with Crippen molar-refractivity contribution in [2.24, 2.45) is 0 Å². The fourth-order valence-electron chi connectivity index (χ4n) is 2.08. The maximum absolute atomic E-state index is 11.9. The first-order valence-electron chi connectivity index (χ1n) is 7.70. The minimum atomic E-state index is -0.699. The molecule has 0 spiro atoms. The Labute approximate surface area is 149 Å². The SMILES string of the molecule is CC(=O)Nc1ccc(NC(=O)Oc2cnc(-c3ccccc3)nc2)cn1. The summed E-state index contributed by atoms with van der Waals surface area (Å²) in [5.74, 6) is 0.916. The fourth-order valence-corrected chi connectivity index (χ4v) is 2.08. The van der Waals surface area contributed by atoms with E-state index in [-0.39, 0.29) is 11.7 Å². The van der Waals surface area contributed by atoms with Crippen molar-refractivity contribution in [1.29, 1.82) is 0 Å². The number of carbonyl (C=O) groups excluding carboxylic acids is 2. The van der Waals surface area contributed by atoms with Gasteiger partial charge in [-0.05, 0) is 12.1 Å². The van der Waals surface area contributed by atoms with Crippen molar-refractivity contribution in [2.75, 3.05) is 10.6 Å². The van der Waals surface area contributed by atoms with Gasteiger partial charge in [-0.2, -0.15) is 0 Å². The van der Waals surface area contributed by atoms with Crippen LogP contribution in [-0.4, -0.2) is 27.0 Å². The molecule has 0 unspecified atom stereocenters. The molecule has 2 aromatic heterocycles. The second-order valence-electron chi connectivity index (χ2n) is 5.24. The lowest BCUT2D eigenvalue weighted by Gasteiger charge is -2.07. The maximum atomic E-state index is 11.9. The summed E-state index contributed by atoms with van der Waals surface area (Å²) in [6.45, 7) is 1.39. The Morgan fingerprint density at radius 3 is 2.23 bits per heavy atom. The van der Waals surface area contributed by atoms with Gasteiger partial charge in [0, 0.05) is 12.5 Å². The number of hydrogen-bond acceptors (Lipinski definition) is 6. The molecule has 3 aromatic rings. The number of carbonyl (C=O) groups is 2. The van der Waals surface area contributed by atoms with Crippen LogP contribution in [0.4, 0.5) is 16.3 Å². The Hall–Kier alpha value is -3.81. The predicted octanol–water partition coefficient (Wildman–Crippen LogP) is 3.11. The van der Waals surface area contributed by atoms with Crippen LogP contribution in [0.2, 0.25) is 0 Å². The van der Waals surface area contributed by atoms with E-state index >= 15 is 0 Å². The predicted molar refractivity (Wildman–Crippen MR) is 95.7 cm³/mol. The van der Waals surface area contributed by atoms with Crippen molar-refractivity contribution in [3.8, 4) is 17.1 Å². The molecule has 0 saturated heterocycles. The number of anilines is 2. The van der Waals surface area contributed by atoms with Crippen LogP contribution in [0.25, 0.3) is 11.4 Å².